The molecule has 7 heteroatoms. The maximum Gasteiger partial charge on any atom is 0.327 e. The Morgan fingerprint density at radius 3 is 2.11 bits per heavy atom. The zero-order valence-corrected chi connectivity index (χ0v) is 22.4. The molecule has 5 aromatic rings. The number of ether oxygens (including phenoxy) is 1. The van der Waals surface area contributed by atoms with Crippen molar-refractivity contribution in [3.05, 3.63) is 103 Å². The second-order valence-corrected chi connectivity index (χ2v) is 11.3. The van der Waals surface area contributed by atoms with Gasteiger partial charge in [-0.1, -0.05) is 72.4 Å². The van der Waals surface area contributed by atoms with Crippen LogP contribution < -0.4 is 4.74 Å². The van der Waals surface area contributed by atoms with E-state index in [-0.39, 0.29) is 0 Å². The van der Waals surface area contributed by atoms with Crippen LogP contribution >= 0.6 is 24.0 Å². The van der Waals surface area contributed by atoms with E-state index < -0.39 is 10.7 Å². The molecule has 0 amide bonds. The van der Waals surface area contributed by atoms with Gasteiger partial charge in [-0.2, -0.15) is 10.2 Å². The van der Waals surface area contributed by atoms with Crippen LogP contribution in [0.15, 0.2) is 107 Å². The molecule has 0 atom stereocenters. The summed E-state index contributed by atoms with van der Waals surface area (Å²) in [5.41, 5.74) is 4.03. The van der Waals surface area contributed by atoms with E-state index in [1.807, 2.05) is 73.0 Å². The SMILES string of the molecule is C#Cc1cccc(N=Nc2ccc(OC(=O)C(C)(C)SC(=S)n3c4ccccc4c4ccccc43)cc2)c1. The number of hydrogen-bond donors (Lipinski definition) is 0. The van der Waals surface area contributed by atoms with Crippen LogP contribution in [0.4, 0.5) is 11.4 Å². The summed E-state index contributed by atoms with van der Waals surface area (Å²) in [6.45, 7) is 3.63. The molecular weight excluding hydrogens is 510 g/mol. The average molecular weight is 534 g/mol. The van der Waals surface area contributed by atoms with Crippen LogP contribution in [-0.4, -0.2) is 19.6 Å². The topological polar surface area (TPSA) is 56.0 Å². The lowest BCUT2D eigenvalue weighted by Crippen LogP contribution is -2.34. The van der Waals surface area contributed by atoms with Crippen LogP contribution in [-0.2, 0) is 4.79 Å². The zero-order valence-electron chi connectivity index (χ0n) is 20.8. The molecule has 186 valence electrons. The number of carbonyl (C=O) groups is 1. The van der Waals surface area contributed by atoms with Crippen LogP contribution in [0, 0.1) is 12.3 Å². The molecule has 0 bridgehead atoms. The fraction of sp³-hybridized carbons (Fsp3) is 0.0968. The predicted octanol–water partition coefficient (Wildman–Crippen LogP) is 8.44. The summed E-state index contributed by atoms with van der Waals surface area (Å²) in [5, 5.41) is 10.7. The summed E-state index contributed by atoms with van der Waals surface area (Å²) in [6.07, 6.45) is 5.43. The number of terminal acetylenes is 1. The lowest BCUT2D eigenvalue weighted by molar-refractivity contribution is -0.136. The highest BCUT2D eigenvalue weighted by atomic mass is 32.2. The third-order valence-electron chi connectivity index (χ3n) is 5.94. The van der Waals surface area contributed by atoms with Gasteiger partial charge in [0.05, 0.1) is 22.4 Å². The Balaban J connectivity index is 1.29. The fourth-order valence-electron chi connectivity index (χ4n) is 4.01. The number of esters is 1. The Morgan fingerprint density at radius 2 is 1.47 bits per heavy atom. The fourth-order valence-corrected chi connectivity index (χ4v) is 5.68. The molecule has 0 unspecified atom stereocenters. The van der Waals surface area contributed by atoms with Gasteiger partial charge in [0.2, 0.25) is 0 Å². The highest BCUT2D eigenvalue weighted by Gasteiger charge is 2.33. The van der Waals surface area contributed by atoms with E-state index in [9.17, 15) is 4.79 Å². The van der Waals surface area contributed by atoms with Crippen molar-refractivity contribution in [1.82, 2.24) is 4.57 Å². The molecule has 1 aromatic heterocycles. The maximum absolute atomic E-state index is 13.2. The first-order chi connectivity index (χ1) is 18.4. The molecule has 5 nitrogen and oxygen atoms in total. The Bertz CT molecular complexity index is 1690. The van der Waals surface area contributed by atoms with Crippen molar-refractivity contribution in [1.29, 1.82) is 0 Å². The molecular formula is C31H23N3O2S2. The van der Waals surface area contributed by atoms with E-state index in [0.29, 0.717) is 21.4 Å². The smallest absolute Gasteiger partial charge is 0.327 e. The largest absolute Gasteiger partial charge is 0.426 e. The van der Waals surface area contributed by atoms with Crippen molar-refractivity contribution in [2.75, 3.05) is 0 Å². The van der Waals surface area contributed by atoms with Gasteiger partial charge in [-0.3, -0.25) is 9.36 Å². The van der Waals surface area contributed by atoms with Crippen molar-refractivity contribution in [2.24, 2.45) is 10.2 Å². The van der Waals surface area contributed by atoms with Crippen molar-refractivity contribution in [3.8, 4) is 18.1 Å². The molecule has 0 radical (unpaired) electrons. The number of thioether (sulfide) groups is 1. The molecule has 0 aliphatic heterocycles. The van der Waals surface area contributed by atoms with E-state index in [4.69, 9.17) is 23.4 Å². The van der Waals surface area contributed by atoms with Crippen molar-refractivity contribution in [2.45, 2.75) is 18.6 Å². The minimum Gasteiger partial charge on any atom is -0.426 e. The molecule has 0 spiro atoms. The van der Waals surface area contributed by atoms with Crippen LogP contribution in [0.1, 0.15) is 19.4 Å². The second-order valence-electron chi connectivity index (χ2n) is 9.03. The predicted molar refractivity (Wildman–Crippen MR) is 160 cm³/mol. The summed E-state index contributed by atoms with van der Waals surface area (Å²) in [6, 6.07) is 30.4. The molecule has 5 rings (SSSR count). The zero-order chi connectivity index (χ0) is 26.7. The number of azo groups is 1. The summed E-state index contributed by atoms with van der Waals surface area (Å²) in [5.74, 6) is 2.60. The van der Waals surface area contributed by atoms with Gasteiger partial charge < -0.3 is 4.74 Å². The summed E-state index contributed by atoms with van der Waals surface area (Å²) < 4.78 is 7.38. The molecule has 0 aliphatic carbocycles. The summed E-state index contributed by atoms with van der Waals surface area (Å²) in [4.78, 5) is 13.2. The first kappa shape index (κ1) is 25.4. The van der Waals surface area contributed by atoms with E-state index in [0.717, 1.165) is 27.4 Å². The highest BCUT2D eigenvalue weighted by molar-refractivity contribution is 8.24. The minimum atomic E-state index is -0.927. The van der Waals surface area contributed by atoms with Gasteiger partial charge in [-0.15, -0.1) is 6.42 Å². The first-order valence-corrected chi connectivity index (χ1v) is 13.1. The normalized spacial score (nSPS) is 11.6. The Hall–Kier alpha value is -4.25. The summed E-state index contributed by atoms with van der Waals surface area (Å²) >= 11 is 7.15. The lowest BCUT2D eigenvalue weighted by atomic mass is 10.2. The average Bonchev–Trinajstić information content (AvgIpc) is 3.27. The number of benzene rings is 4. The van der Waals surface area contributed by atoms with Crippen molar-refractivity contribution in [3.63, 3.8) is 0 Å². The number of para-hydroxylation sites is 2. The van der Waals surface area contributed by atoms with Gasteiger partial charge in [0, 0.05) is 16.3 Å². The minimum absolute atomic E-state index is 0.397. The van der Waals surface area contributed by atoms with Gasteiger partial charge in [-0.25, -0.2) is 0 Å². The van der Waals surface area contributed by atoms with E-state index in [1.165, 1.54) is 11.8 Å². The maximum atomic E-state index is 13.2. The Labute approximate surface area is 230 Å². The number of rotatable bonds is 5. The van der Waals surface area contributed by atoms with Crippen LogP contribution in [0.25, 0.3) is 21.8 Å². The molecule has 0 N–H and O–H groups in total. The van der Waals surface area contributed by atoms with Gasteiger partial charge in [-0.05, 0) is 68.4 Å². The third-order valence-corrected chi connectivity index (χ3v) is 7.40. The van der Waals surface area contributed by atoms with E-state index in [2.05, 4.69) is 28.3 Å². The Morgan fingerprint density at radius 1 is 0.868 bits per heavy atom. The number of nitrogens with zero attached hydrogens (tertiary/aromatic N) is 3. The van der Waals surface area contributed by atoms with Crippen LogP contribution in [0.5, 0.6) is 5.75 Å². The van der Waals surface area contributed by atoms with Crippen LogP contribution in [0.2, 0.25) is 0 Å². The number of carbonyl (C=O) groups excluding carboxylic acids is 1. The van der Waals surface area contributed by atoms with Gasteiger partial charge in [0.15, 0.2) is 0 Å². The van der Waals surface area contributed by atoms with E-state index >= 15 is 0 Å². The molecule has 4 aromatic carbocycles. The summed E-state index contributed by atoms with van der Waals surface area (Å²) in [7, 11) is 0. The van der Waals surface area contributed by atoms with Gasteiger partial charge in [0.25, 0.3) is 0 Å². The second kappa shape index (κ2) is 10.6. The van der Waals surface area contributed by atoms with Gasteiger partial charge in [0.1, 0.15) is 14.8 Å². The number of fused-ring (bicyclic) bond motifs is 3. The standard InChI is InChI=1S/C31H23N3O2S2/c1-4-21-10-9-11-23(20-21)33-32-22-16-18-24(19-17-22)36-29(35)31(2,3)38-30(37)34-27-14-7-5-12-25(27)26-13-6-8-15-28(26)34/h1,5-20H,2-3H3. The highest BCUT2D eigenvalue weighted by Crippen LogP contribution is 2.35. The molecule has 38 heavy (non-hydrogen) atoms. The van der Waals surface area contributed by atoms with Crippen molar-refractivity contribution < 1.29 is 9.53 Å². The molecule has 0 aliphatic rings. The van der Waals surface area contributed by atoms with E-state index in [1.54, 1.807) is 30.3 Å². The Kier molecular flexibility index (Phi) is 7.10. The first-order valence-electron chi connectivity index (χ1n) is 11.9. The molecule has 0 saturated heterocycles. The lowest BCUT2D eigenvalue weighted by Gasteiger charge is -2.23. The molecule has 0 fully saturated rings. The molecule has 0 saturated carbocycles. The third kappa shape index (κ3) is 5.23. The number of aromatic nitrogens is 1. The molecule has 1 heterocycles. The number of hydrogen-bond acceptors (Lipinski definition) is 6. The van der Waals surface area contributed by atoms with Crippen molar-refractivity contribution >= 4 is 67.5 Å². The van der Waals surface area contributed by atoms with Crippen LogP contribution in [0.3, 0.4) is 0 Å². The quantitative estimate of drug-likeness (QED) is 0.0748. The van der Waals surface area contributed by atoms with Gasteiger partial charge >= 0.3 is 5.97 Å². The monoisotopic (exact) mass is 533 g/mol. The number of thiocarbonyl (C=S) groups is 1.